The van der Waals surface area contributed by atoms with E-state index in [4.69, 9.17) is 11.6 Å². The summed E-state index contributed by atoms with van der Waals surface area (Å²) in [5, 5.41) is 7.96. The van der Waals surface area contributed by atoms with E-state index in [0.717, 1.165) is 18.8 Å². The second-order valence-electron chi connectivity index (χ2n) is 4.02. The van der Waals surface area contributed by atoms with E-state index in [1.807, 2.05) is 19.2 Å². The smallest absolute Gasteiger partial charge is 0.129 e. The summed E-state index contributed by atoms with van der Waals surface area (Å²) in [5.74, 6) is -0.300. The number of benzene rings is 1. The van der Waals surface area contributed by atoms with Crippen molar-refractivity contribution in [2.75, 3.05) is 6.54 Å². The molecule has 2 rings (SSSR count). The van der Waals surface area contributed by atoms with Gasteiger partial charge in [0.1, 0.15) is 5.82 Å². The van der Waals surface area contributed by atoms with Gasteiger partial charge in [-0.15, -0.1) is 0 Å². The minimum Gasteiger partial charge on any atom is -0.311 e. The Labute approximate surface area is 111 Å². The van der Waals surface area contributed by atoms with E-state index >= 15 is 0 Å². The summed E-state index contributed by atoms with van der Waals surface area (Å²) in [6.45, 7) is 4.08. The van der Waals surface area contributed by atoms with Gasteiger partial charge in [-0.25, -0.2) is 4.39 Å². The van der Waals surface area contributed by atoms with Crippen LogP contribution in [0, 0.1) is 5.82 Å². The largest absolute Gasteiger partial charge is 0.311 e. The lowest BCUT2D eigenvalue weighted by molar-refractivity contribution is 0.580. The van der Waals surface area contributed by atoms with Gasteiger partial charge in [0, 0.05) is 23.3 Å². The lowest BCUT2D eigenvalue weighted by Crippen LogP contribution is -2.12. The fraction of sp³-hybridized carbons (Fsp3) is 0.308. The molecule has 2 aromatic rings. The van der Waals surface area contributed by atoms with Gasteiger partial charge in [0.25, 0.3) is 0 Å². The molecule has 18 heavy (non-hydrogen) atoms. The molecular formula is C13H15ClFN3. The number of hydrogen-bond acceptors (Lipinski definition) is 2. The van der Waals surface area contributed by atoms with E-state index in [1.54, 1.807) is 16.8 Å². The topological polar surface area (TPSA) is 29.9 Å². The number of hydrogen-bond donors (Lipinski definition) is 1. The van der Waals surface area contributed by atoms with E-state index in [1.165, 1.54) is 6.07 Å². The van der Waals surface area contributed by atoms with Crippen molar-refractivity contribution in [1.29, 1.82) is 0 Å². The standard InChI is InChI=1S/C13H15ClFN3/c1-2-16-8-12-5-6-18(17-12)9-10-3-4-11(14)7-13(10)15/h3-7,16H,2,8-9H2,1H3. The van der Waals surface area contributed by atoms with Crippen LogP contribution in [0.2, 0.25) is 5.02 Å². The van der Waals surface area contributed by atoms with Gasteiger partial charge < -0.3 is 5.32 Å². The van der Waals surface area contributed by atoms with Gasteiger partial charge in [-0.3, -0.25) is 4.68 Å². The van der Waals surface area contributed by atoms with Gasteiger partial charge in [-0.05, 0) is 24.7 Å². The van der Waals surface area contributed by atoms with Crippen LogP contribution < -0.4 is 5.32 Å². The molecule has 1 heterocycles. The van der Waals surface area contributed by atoms with E-state index in [-0.39, 0.29) is 5.82 Å². The molecule has 0 saturated carbocycles. The molecule has 0 radical (unpaired) electrons. The van der Waals surface area contributed by atoms with Gasteiger partial charge in [0.15, 0.2) is 0 Å². The van der Waals surface area contributed by atoms with E-state index in [2.05, 4.69) is 10.4 Å². The molecule has 1 aromatic heterocycles. The highest BCUT2D eigenvalue weighted by atomic mass is 35.5. The Morgan fingerprint density at radius 2 is 2.22 bits per heavy atom. The summed E-state index contributed by atoms with van der Waals surface area (Å²) in [4.78, 5) is 0. The number of nitrogens with one attached hydrogen (secondary N) is 1. The third-order valence-electron chi connectivity index (χ3n) is 2.60. The Balaban J connectivity index is 2.06. The van der Waals surface area contributed by atoms with Crippen molar-refractivity contribution in [1.82, 2.24) is 15.1 Å². The molecule has 0 spiro atoms. The first-order valence-electron chi connectivity index (χ1n) is 5.86. The van der Waals surface area contributed by atoms with Crippen molar-refractivity contribution in [2.24, 2.45) is 0 Å². The highest BCUT2D eigenvalue weighted by Crippen LogP contribution is 2.15. The molecule has 0 unspecified atom stereocenters. The quantitative estimate of drug-likeness (QED) is 0.903. The van der Waals surface area contributed by atoms with Crippen LogP contribution in [0.1, 0.15) is 18.2 Å². The SMILES string of the molecule is CCNCc1ccn(Cc2ccc(Cl)cc2F)n1. The normalized spacial score (nSPS) is 10.8. The summed E-state index contributed by atoms with van der Waals surface area (Å²) < 4.78 is 15.3. The van der Waals surface area contributed by atoms with E-state index < -0.39 is 0 Å². The number of rotatable bonds is 5. The van der Waals surface area contributed by atoms with Gasteiger partial charge in [-0.2, -0.15) is 5.10 Å². The fourth-order valence-corrected chi connectivity index (χ4v) is 1.82. The van der Waals surface area contributed by atoms with E-state index in [0.29, 0.717) is 17.1 Å². The van der Waals surface area contributed by atoms with Crippen molar-refractivity contribution in [3.05, 3.63) is 52.6 Å². The maximum atomic E-state index is 13.6. The van der Waals surface area contributed by atoms with Crippen molar-refractivity contribution < 1.29 is 4.39 Å². The van der Waals surface area contributed by atoms with Gasteiger partial charge in [-0.1, -0.05) is 24.6 Å². The summed E-state index contributed by atoms with van der Waals surface area (Å²) in [7, 11) is 0. The Morgan fingerprint density at radius 1 is 1.39 bits per heavy atom. The second-order valence-corrected chi connectivity index (χ2v) is 4.46. The van der Waals surface area contributed by atoms with Gasteiger partial charge in [0.05, 0.1) is 12.2 Å². The maximum absolute atomic E-state index is 13.6. The number of halogens is 2. The molecule has 96 valence electrons. The zero-order valence-electron chi connectivity index (χ0n) is 10.2. The lowest BCUT2D eigenvalue weighted by Gasteiger charge is -2.04. The van der Waals surface area contributed by atoms with Crippen LogP contribution in [0.15, 0.2) is 30.5 Å². The third kappa shape index (κ3) is 3.31. The highest BCUT2D eigenvalue weighted by molar-refractivity contribution is 6.30. The van der Waals surface area contributed by atoms with Crippen LogP contribution >= 0.6 is 11.6 Å². The number of nitrogens with zero attached hydrogens (tertiary/aromatic N) is 2. The molecule has 0 aliphatic carbocycles. The minimum atomic E-state index is -0.300. The van der Waals surface area contributed by atoms with Crippen molar-refractivity contribution >= 4 is 11.6 Å². The first-order valence-corrected chi connectivity index (χ1v) is 6.24. The molecular weight excluding hydrogens is 253 g/mol. The highest BCUT2D eigenvalue weighted by Gasteiger charge is 2.05. The van der Waals surface area contributed by atoms with Crippen LogP contribution in [-0.4, -0.2) is 16.3 Å². The molecule has 5 heteroatoms. The fourth-order valence-electron chi connectivity index (χ4n) is 1.66. The average molecular weight is 268 g/mol. The van der Waals surface area contributed by atoms with Crippen LogP contribution in [0.5, 0.6) is 0 Å². The van der Waals surface area contributed by atoms with Crippen molar-refractivity contribution in [2.45, 2.75) is 20.0 Å². The Kier molecular flexibility index (Phi) is 4.33. The monoisotopic (exact) mass is 267 g/mol. The Bertz CT molecular complexity index is 525. The van der Waals surface area contributed by atoms with Crippen molar-refractivity contribution in [3.8, 4) is 0 Å². The maximum Gasteiger partial charge on any atom is 0.129 e. The first-order chi connectivity index (χ1) is 8.69. The number of aromatic nitrogens is 2. The zero-order valence-corrected chi connectivity index (χ0v) is 10.9. The van der Waals surface area contributed by atoms with Crippen LogP contribution in [0.25, 0.3) is 0 Å². The molecule has 3 nitrogen and oxygen atoms in total. The van der Waals surface area contributed by atoms with E-state index in [9.17, 15) is 4.39 Å². The van der Waals surface area contributed by atoms with Crippen molar-refractivity contribution in [3.63, 3.8) is 0 Å². The predicted octanol–water partition coefficient (Wildman–Crippen LogP) is 2.83. The molecule has 1 aromatic carbocycles. The molecule has 0 atom stereocenters. The molecule has 0 amide bonds. The zero-order chi connectivity index (χ0) is 13.0. The molecule has 1 N–H and O–H groups in total. The Hall–Kier alpha value is -1.39. The Morgan fingerprint density at radius 3 is 2.94 bits per heavy atom. The van der Waals surface area contributed by atoms with Crippen LogP contribution in [-0.2, 0) is 13.1 Å². The van der Waals surface area contributed by atoms with Crippen LogP contribution in [0.3, 0.4) is 0 Å². The summed E-state index contributed by atoms with van der Waals surface area (Å²) >= 11 is 5.71. The minimum absolute atomic E-state index is 0.300. The molecule has 0 bridgehead atoms. The summed E-state index contributed by atoms with van der Waals surface area (Å²) in [5.41, 5.74) is 1.53. The first kappa shape index (κ1) is 13.1. The third-order valence-corrected chi connectivity index (χ3v) is 2.83. The molecule has 0 fully saturated rings. The van der Waals surface area contributed by atoms with Gasteiger partial charge >= 0.3 is 0 Å². The summed E-state index contributed by atoms with van der Waals surface area (Å²) in [6, 6.07) is 6.61. The summed E-state index contributed by atoms with van der Waals surface area (Å²) in [6.07, 6.45) is 1.85. The molecule has 0 aliphatic heterocycles. The van der Waals surface area contributed by atoms with Gasteiger partial charge in [0.2, 0.25) is 0 Å². The average Bonchev–Trinajstić information content (AvgIpc) is 2.78. The predicted molar refractivity (Wildman–Crippen MR) is 70.1 cm³/mol. The second kappa shape index (κ2) is 5.98. The molecule has 0 saturated heterocycles. The molecule has 0 aliphatic rings. The van der Waals surface area contributed by atoms with Crippen LogP contribution in [0.4, 0.5) is 4.39 Å². The lowest BCUT2D eigenvalue weighted by atomic mass is 10.2.